The van der Waals surface area contributed by atoms with Crippen molar-refractivity contribution in [1.29, 1.82) is 0 Å². The van der Waals surface area contributed by atoms with E-state index in [1.54, 1.807) is 11.8 Å². The normalized spacial score (nSPS) is 12.5. The zero-order valence-corrected chi connectivity index (χ0v) is 13.0. The average molecular weight is 292 g/mol. The Morgan fingerprint density at radius 2 is 1.68 bits per heavy atom. The van der Waals surface area contributed by atoms with Gasteiger partial charge in [-0.25, -0.2) is 4.39 Å². The number of halogens is 1. The van der Waals surface area contributed by atoms with Gasteiger partial charge in [0.25, 0.3) is 0 Å². The molecule has 0 radical (unpaired) electrons. The summed E-state index contributed by atoms with van der Waals surface area (Å²) in [6.45, 7) is 2.21. The lowest BCUT2D eigenvalue weighted by Crippen LogP contribution is -2.03. The van der Waals surface area contributed by atoms with Crippen molar-refractivity contribution in [2.24, 2.45) is 0 Å². The van der Waals surface area contributed by atoms with E-state index >= 15 is 0 Å². The predicted molar refractivity (Wildman–Crippen MR) is 81.7 cm³/mol. The molecule has 1 unspecified atom stereocenters. The highest BCUT2D eigenvalue weighted by Gasteiger charge is 2.06. The number of thioether (sulfide) groups is 1. The number of hydrogen-bond donors (Lipinski definition) is 1. The molecular weight excluding hydrogens is 263 g/mol. The number of unbranched alkanes of at least 4 members (excludes halogenated alkanes) is 6. The summed E-state index contributed by atoms with van der Waals surface area (Å²) in [6, 6.07) is 0. The van der Waals surface area contributed by atoms with E-state index in [2.05, 4.69) is 6.92 Å². The number of carboxylic acid groups (broad SMARTS) is 1. The molecule has 19 heavy (non-hydrogen) atoms. The Morgan fingerprint density at radius 1 is 1.05 bits per heavy atom. The van der Waals surface area contributed by atoms with Crippen LogP contribution in [0.1, 0.15) is 71.1 Å². The Balaban J connectivity index is 3.16. The molecule has 0 saturated heterocycles. The van der Waals surface area contributed by atoms with E-state index in [9.17, 15) is 9.18 Å². The number of hydrogen-bond acceptors (Lipinski definition) is 2. The standard InChI is InChI=1S/C15H29FO2S/c1-2-3-4-5-6-7-8-9-14(16)10-12-19-13-11-15(17)18/h14H,2-13H2,1H3,(H,17,18). The minimum atomic E-state index is -0.771. The van der Waals surface area contributed by atoms with Gasteiger partial charge in [-0.3, -0.25) is 4.79 Å². The fraction of sp³-hybridized carbons (Fsp3) is 0.933. The van der Waals surface area contributed by atoms with Gasteiger partial charge in [-0.1, -0.05) is 51.9 Å². The second kappa shape index (κ2) is 14.2. The molecule has 2 nitrogen and oxygen atoms in total. The molecule has 0 fully saturated rings. The van der Waals surface area contributed by atoms with E-state index in [0.29, 0.717) is 18.6 Å². The second-order valence-corrected chi connectivity index (χ2v) is 6.28. The van der Waals surface area contributed by atoms with Crippen molar-refractivity contribution < 1.29 is 14.3 Å². The number of rotatable bonds is 14. The topological polar surface area (TPSA) is 37.3 Å². The summed E-state index contributed by atoms with van der Waals surface area (Å²) in [4.78, 5) is 10.3. The van der Waals surface area contributed by atoms with Crippen molar-refractivity contribution in [2.45, 2.75) is 77.3 Å². The van der Waals surface area contributed by atoms with Gasteiger partial charge < -0.3 is 5.11 Å². The lowest BCUT2D eigenvalue weighted by atomic mass is 10.1. The molecule has 0 aromatic rings. The van der Waals surface area contributed by atoms with E-state index in [-0.39, 0.29) is 6.42 Å². The highest BCUT2D eigenvalue weighted by atomic mass is 32.2. The van der Waals surface area contributed by atoms with Gasteiger partial charge in [0.1, 0.15) is 6.17 Å². The first-order chi connectivity index (χ1) is 9.16. The summed E-state index contributed by atoms with van der Waals surface area (Å²) in [5, 5.41) is 8.46. The first-order valence-electron chi connectivity index (χ1n) is 7.60. The van der Waals surface area contributed by atoms with Gasteiger partial charge in [0.15, 0.2) is 0 Å². The minimum absolute atomic E-state index is 0.180. The van der Waals surface area contributed by atoms with Crippen molar-refractivity contribution in [1.82, 2.24) is 0 Å². The van der Waals surface area contributed by atoms with Gasteiger partial charge in [-0.05, 0) is 18.6 Å². The van der Waals surface area contributed by atoms with Crippen LogP contribution in [0.5, 0.6) is 0 Å². The summed E-state index contributed by atoms with van der Waals surface area (Å²) in [6.07, 6.45) is 9.29. The molecule has 0 heterocycles. The molecule has 1 atom stereocenters. The zero-order chi connectivity index (χ0) is 14.3. The van der Waals surface area contributed by atoms with Crippen LogP contribution in [0.2, 0.25) is 0 Å². The third-order valence-electron chi connectivity index (χ3n) is 3.16. The van der Waals surface area contributed by atoms with Crippen molar-refractivity contribution in [2.75, 3.05) is 11.5 Å². The van der Waals surface area contributed by atoms with Crippen LogP contribution in [0.4, 0.5) is 4.39 Å². The van der Waals surface area contributed by atoms with Crippen LogP contribution < -0.4 is 0 Å². The fourth-order valence-electron chi connectivity index (χ4n) is 1.94. The third-order valence-corrected chi connectivity index (χ3v) is 4.17. The minimum Gasteiger partial charge on any atom is -0.481 e. The molecule has 0 bridgehead atoms. The molecule has 0 aliphatic heterocycles. The molecule has 4 heteroatoms. The van der Waals surface area contributed by atoms with Gasteiger partial charge in [0.2, 0.25) is 0 Å². The average Bonchev–Trinajstić information content (AvgIpc) is 2.37. The number of carbonyl (C=O) groups is 1. The van der Waals surface area contributed by atoms with Crippen LogP contribution in [-0.4, -0.2) is 28.8 Å². The summed E-state index contributed by atoms with van der Waals surface area (Å²) in [5.74, 6) is 0.567. The number of carboxylic acids is 1. The van der Waals surface area contributed by atoms with Gasteiger partial charge in [-0.2, -0.15) is 11.8 Å². The summed E-state index contributed by atoms with van der Waals surface area (Å²) >= 11 is 1.54. The Hall–Kier alpha value is -0.250. The Kier molecular flexibility index (Phi) is 14.0. The van der Waals surface area contributed by atoms with Crippen LogP contribution in [0.15, 0.2) is 0 Å². The Bertz CT molecular complexity index is 212. The van der Waals surface area contributed by atoms with Crippen molar-refractivity contribution in [3.05, 3.63) is 0 Å². The summed E-state index contributed by atoms with van der Waals surface area (Å²) in [7, 11) is 0. The van der Waals surface area contributed by atoms with E-state index in [1.807, 2.05) is 0 Å². The molecular formula is C15H29FO2S. The number of aliphatic carboxylic acids is 1. The van der Waals surface area contributed by atoms with Crippen LogP contribution >= 0.6 is 11.8 Å². The third kappa shape index (κ3) is 15.7. The van der Waals surface area contributed by atoms with Crippen LogP contribution in [0.25, 0.3) is 0 Å². The molecule has 0 aliphatic carbocycles. The SMILES string of the molecule is CCCCCCCCCC(F)CCSCCC(=O)O. The molecule has 0 amide bonds. The van der Waals surface area contributed by atoms with Gasteiger partial charge in [-0.15, -0.1) is 0 Å². The molecule has 0 aliphatic rings. The first kappa shape index (κ1) is 18.8. The quantitative estimate of drug-likeness (QED) is 0.454. The first-order valence-corrected chi connectivity index (χ1v) is 8.76. The maximum Gasteiger partial charge on any atom is 0.304 e. The zero-order valence-electron chi connectivity index (χ0n) is 12.2. The lowest BCUT2D eigenvalue weighted by Gasteiger charge is -2.07. The molecule has 0 rings (SSSR count). The van der Waals surface area contributed by atoms with E-state index < -0.39 is 12.1 Å². The predicted octanol–water partition coefficient (Wildman–Crippen LogP) is 5.06. The van der Waals surface area contributed by atoms with Crippen molar-refractivity contribution >= 4 is 17.7 Å². The molecule has 0 spiro atoms. The Labute approximate surface area is 121 Å². The van der Waals surface area contributed by atoms with Crippen molar-refractivity contribution in [3.63, 3.8) is 0 Å². The molecule has 0 aromatic carbocycles. The maximum atomic E-state index is 13.5. The van der Waals surface area contributed by atoms with Crippen LogP contribution in [0.3, 0.4) is 0 Å². The lowest BCUT2D eigenvalue weighted by molar-refractivity contribution is -0.136. The molecule has 0 saturated carbocycles. The second-order valence-electron chi connectivity index (χ2n) is 5.05. The van der Waals surface area contributed by atoms with Gasteiger partial charge in [0.05, 0.1) is 6.42 Å². The molecule has 0 aromatic heterocycles. The van der Waals surface area contributed by atoms with Gasteiger partial charge in [0, 0.05) is 5.75 Å². The maximum absolute atomic E-state index is 13.5. The highest BCUT2D eigenvalue weighted by molar-refractivity contribution is 7.99. The Morgan fingerprint density at radius 3 is 2.32 bits per heavy atom. The smallest absolute Gasteiger partial charge is 0.304 e. The van der Waals surface area contributed by atoms with E-state index in [0.717, 1.165) is 18.6 Å². The largest absolute Gasteiger partial charge is 0.481 e. The summed E-state index contributed by atoms with van der Waals surface area (Å²) in [5.41, 5.74) is 0. The monoisotopic (exact) mass is 292 g/mol. The highest BCUT2D eigenvalue weighted by Crippen LogP contribution is 2.15. The van der Waals surface area contributed by atoms with E-state index in [4.69, 9.17) is 5.11 Å². The van der Waals surface area contributed by atoms with Crippen molar-refractivity contribution in [3.8, 4) is 0 Å². The summed E-state index contributed by atoms with van der Waals surface area (Å²) < 4.78 is 13.5. The van der Waals surface area contributed by atoms with Crippen LogP contribution in [-0.2, 0) is 4.79 Å². The van der Waals surface area contributed by atoms with Crippen LogP contribution in [0, 0.1) is 0 Å². The van der Waals surface area contributed by atoms with E-state index in [1.165, 1.54) is 32.1 Å². The molecule has 1 N–H and O–H groups in total. The fourth-order valence-corrected chi connectivity index (χ4v) is 2.89. The number of alkyl halides is 1. The van der Waals surface area contributed by atoms with Gasteiger partial charge >= 0.3 is 5.97 Å². The molecule has 114 valence electrons.